The summed E-state index contributed by atoms with van der Waals surface area (Å²) < 4.78 is 0. The standard InChI is InChI=1S/C54H81N13O2/c1-9-37-35(7)53-54-36(8)38(10-2)46(65-54)30-44-34(6)42(14-16-52(69)60-22-28-67(25-19-57)26-20-58)50(62-44)32-48-40(12-4)39(11-3)47(63-48)31-49-41(33(5)43(61-49)29-45(37)64-53)13-15-51(68)59-21-27-66(23-17-55)24-18-56/h29-32,61-63H,9-28,55-58H2,1-8H3,(H,59,68)(H,60,69). The summed E-state index contributed by atoms with van der Waals surface area (Å²) in [5.41, 5.74) is 44.4. The van der Waals surface area contributed by atoms with Gasteiger partial charge >= 0.3 is 0 Å². The SMILES string of the molecule is CCC1=C(C)c2nc1cc1[nH]c(cc3[nH]c(cc4[nH]c(cc5nc2C(C)=C5CC)c(C)c4CCC(=O)NCCN(CCN)CCN)c(CC)c3CC)c(CCC(=O)NCCN(CCN)CCN)c1C. The van der Waals surface area contributed by atoms with Gasteiger partial charge < -0.3 is 48.5 Å². The van der Waals surface area contributed by atoms with Crippen molar-refractivity contribution in [1.82, 2.24) is 45.4 Å². The van der Waals surface area contributed by atoms with Crippen molar-refractivity contribution >= 4 is 67.2 Å². The number of rotatable bonds is 24. The fourth-order valence-electron chi connectivity index (χ4n) is 10.3. The van der Waals surface area contributed by atoms with Gasteiger partial charge in [0.2, 0.25) is 11.8 Å². The third-order valence-corrected chi connectivity index (χ3v) is 14.1. The van der Waals surface area contributed by atoms with Gasteiger partial charge in [0, 0.05) is 124 Å². The Bertz CT molecular complexity index is 2540. The molecular weight excluding hydrogens is 863 g/mol. The molecule has 6 heterocycles. The first-order valence-corrected chi connectivity index (χ1v) is 25.5. The number of hydrogen-bond donors (Lipinski definition) is 9. The van der Waals surface area contributed by atoms with Gasteiger partial charge in [0.25, 0.3) is 0 Å². The molecule has 69 heavy (non-hydrogen) atoms. The second-order valence-corrected chi connectivity index (χ2v) is 18.4. The molecular formula is C54H81N13O2. The normalized spacial score (nSPS) is 12.9. The average molecular weight is 944 g/mol. The van der Waals surface area contributed by atoms with Crippen LogP contribution in [0.4, 0.5) is 0 Å². The lowest BCUT2D eigenvalue weighted by atomic mass is 9.99. The number of allylic oxidation sites excluding steroid dienone is 4. The fraction of sp³-hybridized carbons (Fsp3) is 0.519. The second kappa shape index (κ2) is 24.9. The van der Waals surface area contributed by atoms with E-state index in [9.17, 15) is 9.59 Å². The van der Waals surface area contributed by atoms with Crippen LogP contribution in [0.25, 0.3) is 55.4 Å². The maximum absolute atomic E-state index is 13.4. The number of carbonyl (C=O) groups is 2. The highest BCUT2D eigenvalue weighted by Gasteiger charge is 2.25. The van der Waals surface area contributed by atoms with Crippen LogP contribution >= 0.6 is 0 Å². The minimum Gasteiger partial charge on any atom is -0.355 e. The highest BCUT2D eigenvalue weighted by Crippen LogP contribution is 2.40. The highest BCUT2D eigenvalue weighted by atomic mass is 16.2. The van der Waals surface area contributed by atoms with Gasteiger partial charge in [-0.25, -0.2) is 9.97 Å². The highest BCUT2D eigenvalue weighted by molar-refractivity contribution is 6.00. The number of aryl methyl sites for hydroxylation is 6. The number of amides is 2. The molecule has 0 unspecified atom stereocenters. The summed E-state index contributed by atoms with van der Waals surface area (Å²) in [5.74, 6) is 0.0105. The maximum atomic E-state index is 13.4. The molecule has 0 atom stereocenters. The minimum atomic E-state index is 0.00525. The maximum Gasteiger partial charge on any atom is 0.220 e. The number of nitrogens with one attached hydrogen (secondary N) is 5. The van der Waals surface area contributed by atoms with Crippen molar-refractivity contribution in [2.75, 3.05) is 78.5 Å². The Balaban J connectivity index is 1.54. The van der Waals surface area contributed by atoms with E-state index in [1.165, 1.54) is 22.3 Å². The van der Waals surface area contributed by atoms with Crippen molar-refractivity contribution in [2.45, 2.75) is 107 Å². The molecule has 2 amide bonds. The Kier molecular flexibility index (Phi) is 19.1. The molecule has 4 aromatic rings. The number of carbonyl (C=O) groups excluding carboxylic acids is 2. The van der Waals surface area contributed by atoms with Crippen molar-refractivity contribution in [2.24, 2.45) is 22.9 Å². The molecule has 0 aromatic carbocycles. The van der Waals surface area contributed by atoms with E-state index in [2.05, 4.69) is 115 Å². The quantitative estimate of drug-likeness (QED) is 0.0379. The van der Waals surface area contributed by atoms with E-state index < -0.39 is 0 Å². The molecule has 10 bridgehead atoms. The summed E-state index contributed by atoms with van der Waals surface area (Å²) in [6.45, 7) is 25.0. The summed E-state index contributed by atoms with van der Waals surface area (Å²) in [7, 11) is 0. The molecule has 0 spiro atoms. The summed E-state index contributed by atoms with van der Waals surface area (Å²) in [4.78, 5) is 53.5. The Morgan fingerprint density at radius 2 is 0.841 bits per heavy atom. The van der Waals surface area contributed by atoms with Crippen molar-refractivity contribution in [3.8, 4) is 0 Å². The van der Waals surface area contributed by atoms with Crippen LogP contribution in [0.5, 0.6) is 0 Å². The zero-order chi connectivity index (χ0) is 49.8. The fourth-order valence-corrected chi connectivity index (χ4v) is 10.3. The Hall–Kier alpha value is -5.42. The smallest absolute Gasteiger partial charge is 0.220 e. The van der Waals surface area contributed by atoms with Crippen LogP contribution < -0.4 is 33.6 Å². The van der Waals surface area contributed by atoms with Crippen LogP contribution in [-0.2, 0) is 35.3 Å². The third kappa shape index (κ3) is 12.3. The van der Waals surface area contributed by atoms with E-state index >= 15 is 0 Å². The van der Waals surface area contributed by atoms with E-state index in [-0.39, 0.29) is 11.8 Å². The van der Waals surface area contributed by atoms with Crippen molar-refractivity contribution in [3.63, 3.8) is 0 Å². The predicted molar refractivity (Wildman–Crippen MR) is 287 cm³/mol. The summed E-state index contributed by atoms with van der Waals surface area (Å²) in [5, 5.41) is 6.28. The molecule has 15 nitrogen and oxygen atoms in total. The van der Waals surface area contributed by atoms with Gasteiger partial charge in [-0.3, -0.25) is 19.4 Å². The summed E-state index contributed by atoms with van der Waals surface area (Å²) in [6.07, 6.45) is 5.08. The molecule has 13 N–H and O–H groups in total. The first-order valence-electron chi connectivity index (χ1n) is 25.5. The Labute approximate surface area is 409 Å². The molecule has 0 aliphatic carbocycles. The number of hydrogen-bond acceptors (Lipinski definition) is 10. The second-order valence-electron chi connectivity index (χ2n) is 18.4. The lowest BCUT2D eigenvalue weighted by Crippen LogP contribution is -2.39. The Morgan fingerprint density at radius 1 is 0.493 bits per heavy atom. The van der Waals surface area contributed by atoms with E-state index in [0.717, 1.165) is 141 Å². The number of aromatic nitrogens is 5. The van der Waals surface area contributed by atoms with Gasteiger partial charge in [0.05, 0.1) is 22.8 Å². The summed E-state index contributed by atoms with van der Waals surface area (Å²) in [6, 6.07) is 8.83. The van der Waals surface area contributed by atoms with Gasteiger partial charge in [0.1, 0.15) is 0 Å². The molecule has 6 rings (SSSR count). The van der Waals surface area contributed by atoms with Crippen LogP contribution in [-0.4, -0.2) is 125 Å². The summed E-state index contributed by atoms with van der Waals surface area (Å²) >= 11 is 0. The molecule has 0 saturated heterocycles. The molecule has 2 aliphatic rings. The average Bonchev–Trinajstić information content (AvgIpc) is 4.08. The van der Waals surface area contributed by atoms with Crippen molar-refractivity contribution in [3.05, 3.63) is 80.4 Å². The van der Waals surface area contributed by atoms with Crippen LogP contribution in [0.3, 0.4) is 0 Å². The molecule has 0 saturated carbocycles. The van der Waals surface area contributed by atoms with Crippen LogP contribution in [0.1, 0.15) is 123 Å². The first kappa shape index (κ1) is 52.9. The van der Waals surface area contributed by atoms with E-state index in [0.29, 0.717) is 78.0 Å². The number of nitrogens with zero attached hydrogens (tertiary/aromatic N) is 4. The lowest BCUT2D eigenvalue weighted by molar-refractivity contribution is -0.121. The van der Waals surface area contributed by atoms with Gasteiger partial charge in [-0.05, 0) is 146 Å². The number of aromatic amines is 3. The minimum absolute atomic E-state index is 0.00525. The number of H-pyrrole nitrogens is 3. The monoisotopic (exact) mass is 944 g/mol. The van der Waals surface area contributed by atoms with Crippen LogP contribution in [0, 0.1) is 13.8 Å². The molecule has 15 heteroatoms. The van der Waals surface area contributed by atoms with Crippen molar-refractivity contribution < 1.29 is 9.59 Å². The topological polar surface area (TPSA) is 242 Å². The molecule has 4 aromatic heterocycles. The third-order valence-electron chi connectivity index (χ3n) is 14.1. The number of fused-ring (bicyclic) bond motifs is 11. The Morgan fingerprint density at radius 3 is 1.17 bits per heavy atom. The van der Waals surface area contributed by atoms with Crippen molar-refractivity contribution in [1.29, 1.82) is 0 Å². The number of nitrogens with two attached hydrogens (primary N) is 4. The van der Waals surface area contributed by atoms with E-state index in [4.69, 9.17) is 32.9 Å². The predicted octanol–water partition coefficient (Wildman–Crippen LogP) is 6.32. The van der Waals surface area contributed by atoms with Crippen LogP contribution in [0.15, 0.2) is 24.3 Å². The van der Waals surface area contributed by atoms with Gasteiger partial charge in [-0.15, -0.1) is 0 Å². The van der Waals surface area contributed by atoms with E-state index in [1.807, 2.05) is 0 Å². The lowest BCUT2D eigenvalue weighted by Gasteiger charge is -2.20. The largest absolute Gasteiger partial charge is 0.355 e. The zero-order valence-corrected chi connectivity index (χ0v) is 42.9. The molecule has 374 valence electrons. The molecule has 2 aliphatic heterocycles. The van der Waals surface area contributed by atoms with Gasteiger partial charge in [0.15, 0.2) is 0 Å². The van der Waals surface area contributed by atoms with Gasteiger partial charge in [-0.2, -0.15) is 0 Å². The first-order chi connectivity index (χ1) is 33.3. The molecule has 0 fully saturated rings. The van der Waals surface area contributed by atoms with Gasteiger partial charge in [-0.1, -0.05) is 27.7 Å². The zero-order valence-electron chi connectivity index (χ0n) is 42.9. The van der Waals surface area contributed by atoms with Crippen LogP contribution in [0.2, 0.25) is 0 Å². The van der Waals surface area contributed by atoms with E-state index in [1.54, 1.807) is 0 Å². The molecule has 0 radical (unpaired) electrons.